The first-order chi connectivity index (χ1) is 8.65. The fraction of sp³-hybridized carbons (Fsp3) is 0. The lowest BCUT2D eigenvalue weighted by Gasteiger charge is -2.00. The zero-order valence-corrected chi connectivity index (χ0v) is 9.81. The van der Waals surface area contributed by atoms with Gasteiger partial charge in [0.15, 0.2) is 5.01 Å². The number of hydrogen-bond donors (Lipinski definition) is 2. The van der Waals surface area contributed by atoms with Gasteiger partial charge in [-0.25, -0.2) is 14.8 Å². The van der Waals surface area contributed by atoms with E-state index in [2.05, 4.69) is 20.0 Å². The third-order valence-corrected chi connectivity index (χ3v) is 2.66. The average molecular weight is 264 g/mol. The van der Waals surface area contributed by atoms with Crippen LogP contribution in [0, 0.1) is 0 Å². The van der Waals surface area contributed by atoms with Gasteiger partial charge in [-0.1, -0.05) is 17.4 Å². The zero-order valence-electron chi connectivity index (χ0n) is 8.99. The van der Waals surface area contributed by atoms with Crippen molar-refractivity contribution in [2.45, 2.75) is 0 Å². The van der Waals surface area contributed by atoms with Crippen molar-refractivity contribution in [3.63, 3.8) is 0 Å². The minimum absolute atomic E-state index is 0.150. The fourth-order valence-electron chi connectivity index (χ4n) is 1.12. The van der Waals surface area contributed by atoms with Gasteiger partial charge in [0.25, 0.3) is 5.91 Å². The van der Waals surface area contributed by atoms with Crippen molar-refractivity contribution >= 4 is 29.2 Å². The first-order valence-electron chi connectivity index (χ1n) is 4.80. The van der Waals surface area contributed by atoms with Crippen LogP contribution in [0.25, 0.3) is 0 Å². The van der Waals surface area contributed by atoms with Crippen LogP contribution in [0.4, 0.5) is 10.6 Å². The third kappa shape index (κ3) is 3.01. The Morgan fingerprint density at radius 2 is 2.17 bits per heavy atom. The van der Waals surface area contributed by atoms with Gasteiger partial charge < -0.3 is 15.8 Å². The molecule has 2 heterocycles. The van der Waals surface area contributed by atoms with Crippen LogP contribution in [0.3, 0.4) is 0 Å². The number of hydrogen-bond acceptors (Lipinski definition) is 6. The highest BCUT2D eigenvalue weighted by atomic mass is 32.1. The summed E-state index contributed by atoms with van der Waals surface area (Å²) in [4.78, 5) is 30.0. The molecule has 0 fully saturated rings. The van der Waals surface area contributed by atoms with E-state index >= 15 is 0 Å². The number of ether oxygens (including phenoxy) is 1. The quantitative estimate of drug-likeness (QED) is 0.867. The number of pyridine rings is 1. The van der Waals surface area contributed by atoms with Gasteiger partial charge in [0.2, 0.25) is 5.06 Å². The molecule has 3 N–H and O–H groups in total. The summed E-state index contributed by atoms with van der Waals surface area (Å²) in [6.07, 6.45) is 1.86. The SMILES string of the molecule is NC(=O)Oc1cnc(C(=O)Nc2ccccn2)s1. The van der Waals surface area contributed by atoms with Crippen molar-refractivity contribution in [1.29, 1.82) is 0 Å². The summed E-state index contributed by atoms with van der Waals surface area (Å²) >= 11 is 0.915. The molecule has 0 saturated carbocycles. The minimum atomic E-state index is -0.949. The van der Waals surface area contributed by atoms with Gasteiger partial charge in [0, 0.05) is 6.20 Å². The second kappa shape index (κ2) is 5.23. The van der Waals surface area contributed by atoms with E-state index in [9.17, 15) is 9.59 Å². The molecule has 0 aliphatic heterocycles. The summed E-state index contributed by atoms with van der Waals surface area (Å²) in [5, 5.41) is 2.86. The second-order valence-corrected chi connectivity index (χ2v) is 4.07. The molecule has 18 heavy (non-hydrogen) atoms. The minimum Gasteiger partial charge on any atom is -0.398 e. The standard InChI is InChI=1S/C10H8N4O3S/c11-10(16)17-7-5-13-9(18-7)8(15)14-6-3-1-2-4-12-6/h1-5H,(H2,11,16)(H,12,14,15). The Kier molecular flexibility index (Phi) is 3.49. The normalized spacial score (nSPS) is 9.78. The Balaban J connectivity index is 2.05. The van der Waals surface area contributed by atoms with E-state index in [1.165, 1.54) is 6.20 Å². The molecule has 0 atom stereocenters. The Labute approximate surface area is 106 Å². The maximum absolute atomic E-state index is 11.7. The summed E-state index contributed by atoms with van der Waals surface area (Å²) in [7, 11) is 0. The fourth-order valence-corrected chi connectivity index (χ4v) is 1.79. The van der Waals surface area contributed by atoms with Gasteiger partial charge in [0.1, 0.15) is 5.82 Å². The molecule has 2 rings (SSSR count). The molecule has 7 nitrogen and oxygen atoms in total. The van der Waals surface area contributed by atoms with E-state index in [0.29, 0.717) is 5.82 Å². The van der Waals surface area contributed by atoms with E-state index in [-0.39, 0.29) is 10.1 Å². The molecule has 0 radical (unpaired) electrons. The van der Waals surface area contributed by atoms with Crippen molar-refractivity contribution in [2.24, 2.45) is 5.73 Å². The molecule has 0 saturated heterocycles. The molecule has 0 aliphatic rings. The van der Waals surface area contributed by atoms with Crippen LogP contribution in [-0.2, 0) is 0 Å². The summed E-state index contributed by atoms with van der Waals surface area (Å²) in [6.45, 7) is 0. The van der Waals surface area contributed by atoms with Crippen molar-refractivity contribution in [1.82, 2.24) is 9.97 Å². The molecule has 92 valence electrons. The second-order valence-electron chi connectivity index (χ2n) is 3.07. The summed E-state index contributed by atoms with van der Waals surface area (Å²) in [6, 6.07) is 5.12. The lowest BCUT2D eigenvalue weighted by molar-refractivity contribution is 0.102. The molecule has 0 bridgehead atoms. The molecule has 0 spiro atoms. The van der Waals surface area contributed by atoms with E-state index in [0.717, 1.165) is 11.3 Å². The topological polar surface area (TPSA) is 107 Å². The van der Waals surface area contributed by atoms with E-state index in [4.69, 9.17) is 5.73 Å². The summed E-state index contributed by atoms with van der Waals surface area (Å²) in [5.74, 6) is -0.0203. The third-order valence-electron chi connectivity index (χ3n) is 1.79. The summed E-state index contributed by atoms with van der Waals surface area (Å²) < 4.78 is 4.59. The summed E-state index contributed by atoms with van der Waals surface area (Å²) in [5.41, 5.74) is 4.84. The van der Waals surface area contributed by atoms with Gasteiger partial charge >= 0.3 is 6.09 Å². The molecule has 0 unspecified atom stereocenters. The van der Waals surface area contributed by atoms with Gasteiger partial charge in [-0.15, -0.1) is 0 Å². The highest BCUT2D eigenvalue weighted by Gasteiger charge is 2.13. The molecule has 0 aliphatic carbocycles. The van der Waals surface area contributed by atoms with E-state index in [1.807, 2.05) is 0 Å². The monoisotopic (exact) mass is 264 g/mol. The maximum atomic E-state index is 11.7. The zero-order chi connectivity index (χ0) is 13.0. The van der Waals surface area contributed by atoms with Crippen LogP contribution in [0.5, 0.6) is 5.06 Å². The van der Waals surface area contributed by atoms with Crippen molar-refractivity contribution in [3.8, 4) is 5.06 Å². The van der Waals surface area contributed by atoms with Crippen molar-refractivity contribution in [3.05, 3.63) is 35.6 Å². The lowest BCUT2D eigenvalue weighted by Crippen LogP contribution is -2.15. The van der Waals surface area contributed by atoms with E-state index in [1.54, 1.807) is 24.4 Å². The van der Waals surface area contributed by atoms with Gasteiger partial charge in [-0.05, 0) is 12.1 Å². The number of carbonyl (C=O) groups excluding carboxylic acids is 2. The molecule has 2 aromatic heterocycles. The number of amides is 2. The molecular formula is C10H8N4O3S. The first kappa shape index (κ1) is 12.0. The van der Waals surface area contributed by atoms with E-state index < -0.39 is 12.0 Å². The highest BCUT2D eigenvalue weighted by molar-refractivity contribution is 7.15. The molecule has 0 aromatic carbocycles. The van der Waals surface area contributed by atoms with Gasteiger partial charge in [-0.3, -0.25) is 4.79 Å². The van der Waals surface area contributed by atoms with Gasteiger partial charge in [0.05, 0.1) is 6.20 Å². The lowest BCUT2D eigenvalue weighted by atomic mass is 10.4. The largest absolute Gasteiger partial charge is 0.410 e. The van der Waals surface area contributed by atoms with Crippen LogP contribution in [0.15, 0.2) is 30.6 Å². The number of carbonyl (C=O) groups is 2. The number of primary amides is 1. The number of aromatic nitrogens is 2. The van der Waals surface area contributed by atoms with Gasteiger partial charge in [-0.2, -0.15) is 0 Å². The van der Waals surface area contributed by atoms with Crippen LogP contribution < -0.4 is 15.8 Å². The Bertz CT molecular complexity index is 570. The van der Waals surface area contributed by atoms with Crippen molar-refractivity contribution < 1.29 is 14.3 Å². The predicted molar refractivity (Wildman–Crippen MR) is 64.5 cm³/mol. The van der Waals surface area contributed by atoms with Crippen LogP contribution in [0.2, 0.25) is 0 Å². The Hall–Kier alpha value is -2.48. The van der Waals surface area contributed by atoms with Crippen LogP contribution in [-0.4, -0.2) is 22.0 Å². The number of anilines is 1. The van der Waals surface area contributed by atoms with Crippen LogP contribution in [0.1, 0.15) is 9.80 Å². The molecule has 2 amide bonds. The number of nitrogens with two attached hydrogens (primary N) is 1. The number of thiazole rings is 1. The maximum Gasteiger partial charge on any atom is 0.410 e. The van der Waals surface area contributed by atoms with Crippen LogP contribution >= 0.6 is 11.3 Å². The number of nitrogens with zero attached hydrogens (tertiary/aromatic N) is 2. The average Bonchev–Trinajstić information content (AvgIpc) is 2.78. The Morgan fingerprint density at radius 1 is 1.33 bits per heavy atom. The van der Waals surface area contributed by atoms with Crippen molar-refractivity contribution in [2.75, 3.05) is 5.32 Å². The molecule has 8 heteroatoms. The smallest absolute Gasteiger partial charge is 0.398 e. The predicted octanol–water partition coefficient (Wildman–Crippen LogP) is 1.25. The number of nitrogens with one attached hydrogen (secondary N) is 1. The highest BCUT2D eigenvalue weighted by Crippen LogP contribution is 2.21. The Morgan fingerprint density at radius 3 is 2.83 bits per heavy atom. The molecular weight excluding hydrogens is 256 g/mol. The molecule has 2 aromatic rings. The number of rotatable bonds is 3. The first-order valence-corrected chi connectivity index (χ1v) is 5.62.